The number of nitrogens with zero attached hydrogens (tertiary/aromatic N) is 5. The normalized spacial score (nSPS) is 21.0. The Labute approximate surface area is 253 Å². The van der Waals surface area contributed by atoms with Crippen LogP contribution in [0, 0.1) is 11.3 Å². The maximum absolute atomic E-state index is 13.7. The minimum Gasteiger partial charge on any atom is -0.441 e. The summed E-state index contributed by atoms with van der Waals surface area (Å²) in [6.45, 7) is 2.92. The molecule has 0 spiro atoms. The fraction of sp³-hybridized carbons (Fsp3) is 0.531. The lowest BCUT2D eigenvalue weighted by Crippen LogP contribution is -2.51. The molecule has 10 nitrogen and oxygen atoms in total. The van der Waals surface area contributed by atoms with E-state index in [1.54, 1.807) is 9.58 Å². The number of aromatic nitrogens is 3. The van der Waals surface area contributed by atoms with E-state index in [1.165, 1.54) is 0 Å². The Hall–Kier alpha value is -4.11. The summed E-state index contributed by atoms with van der Waals surface area (Å²) in [5, 5.41) is 20.1. The molecule has 1 aliphatic heterocycles. The van der Waals surface area contributed by atoms with Gasteiger partial charge in [0.25, 0.3) is 12.3 Å². The van der Waals surface area contributed by atoms with Crippen LogP contribution < -0.4 is 10.6 Å². The number of halogens is 2. The molecule has 2 N–H and O–H groups in total. The van der Waals surface area contributed by atoms with Crippen molar-refractivity contribution in [3.05, 3.63) is 53.2 Å². The number of fused-ring (bicyclic) bond motifs is 1. The van der Waals surface area contributed by atoms with Crippen LogP contribution in [0.25, 0.3) is 16.7 Å². The van der Waals surface area contributed by atoms with E-state index >= 15 is 0 Å². The van der Waals surface area contributed by atoms with Gasteiger partial charge in [0.2, 0.25) is 5.91 Å². The highest BCUT2D eigenvalue weighted by Crippen LogP contribution is 2.48. The fourth-order valence-electron chi connectivity index (χ4n) is 5.82. The molecule has 0 saturated heterocycles. The highest BCUT2D eigenvalue weighted by molar-refractivity contribution is 5.97. The van der Waals surface area contributed by atoms with Crippen LogP contribution in [-0.4, -0.2) is 69.1 Å². The number of hydrogen-bond donors (Lipinski definition) is 2. The van der Waals surface area contributed by atoms with E-state index in [-0.39, 0.29) is 30.3 Å². The Morgan fingerprint density at radius 2 is 2.00 bits per heavy atom. The number of amides is 2. The van der Waals surface area contributed by atoms with Crippen molar-refractivity contribution in [3.8, 4) is 6.07 Å². The average molecular weight is 604 g/mol. The van der Waals surface area contributed by atoms with Crippen molar-refractivity contribution >= 4 is 28.5 Å². The molecule has 230 valence electrons. The molecule has 2 amide bonds. The molecule has 3 fully saturated rings. The topological polar surface area (TPSA) is 129 Å². The third kappa shape index (κ3) is 5.85. The molecule has 12 heteroatoms. The zero-order valence-corrected chi connectivity index (χ0v) is 24.6. The van der Waals surface area contributed by atoms with Crippen molar-refractivity contribution in [2.45, 2.75) is 87.8 Å². The summed E-state index contributed by atoms with van der Waals surface area (Å²) in [6, 6.07) is 8.82. The summed E-state index contributed by atoms with van der Waals surface area (Å²) in [7, 11) is 0. The molecule has 44 heavy (non-hydrogen) atoms. The van der Waals surface area contributed by atoms with E-state index < -0.39 is 29.8 Å². The van der Waals surface area contributed by atoms with Gasteiger partial charge >= 0.3 is 0 Å². The molecule has 1 aromatic carbocycles. The van der Waals surface area contributed by atoms with Gasteiger partial charge in [-0.1, -0.05) is 19.1 Å². The van der Waals surface area contributed by atoms with Crippen LogP contribution in [0.4, 0.5) is 8.78 Å². The number of carbonyl (C=O) groups excluding carboxylic acids is 2. The number of rotatable bonds is 11. The Morgan fingerprint density at radius 1 is 1.20 bits per heavy atom. The molecule has 3 aromatic rings. The molecule has 2 aromatic heterocycles. The van der Waals surface area contributed by atoms with E-state index in [4.69, 9.17) is 9.52 Å². The zero-order valence-electron chi connectivity index (χ0n) is 24.6. The van der Waals surface area contributed by atoms with E-state index in [1.807, 2.05) is 30.3 Å². The van der Waals surface area contributed by atoms with Gasteiger partial charge in [0.1, 0.15) is 22.8 Å². The van der Waals surface area contributed by atoms with Gasteiger partial charge in [-0.05, 0) is 74.3 Å². The standard InChI is InChI=1S/C32H35F2N7O3/c1-31(8-9-31)26-16-24(41(39-26)21-3-4-21)30(43)37-23(29(42)38-32(18-35)10-11-32)15-28-36-22-5-2-20(14-25(22)44-28)19-6-12-40(13-7-19)17-27(33)34/h2,5-6,14,16,21,23,27H,3-4,7-13,15,17H2,1H3,(H,37,43)(H,38,42)/t23-/m0/s1. The maximum Gasteiger partial charge on any atom is 0.270 e. The molecular formula is C32H35F2N7O3. The summed E-state index contributed by atoms with van der Waals surface area (Å²) < 4.78 is 33.4. The first-order valence-electron chi connectivity index (χ1n) is 15.4. The second-order valence-corrected chi connectivity index (χ2v) is 13.0. The van der Waals surface area contributed by atoms with E-state index in [2.05, 4.69) is 28.6 Å². The second kappa shape index (κ2) is 10.8. The molecule has 1 atom stereocenters. The average Bonchev–Trinajstić information content (AvgIpc) is 3.97. The zero-order chi connectivity index (χ0) is 30.6. The first-order chi connectivity index (χ1) is 21.1. The SMILES string of the molecule is CC1(c2cc(C(=O)N[C@@H](Cc3nc4ccc(C5=CCN(CC(F)F)CC5)cc4o3)C(=O)NC3(C#N)CC3)n(C3CC3)n2)CC1. The van der Waals surface area contributed by atoms with Crippen molar-refractivity contribution in [1.82, 2.24) is 30.3 Å². The summed E-state index contributed by atoms with van der Waals surface area (Å²) in [5.74, 6) is -0.583. The number of hydrogen-bond acceptors (Lipinski definition) is 7. The van der Waals surface area contributed by atoms with Crippen molar-refractivity contribution < 1.29 is 22.8 Å². The van der Waals surface area contributed by atoms with Gasteiger partial charge in [-0.2, -0.15) is 10.4 Å². The molecule has 0 radical (unpaired) electrons. The Balaban J connectivity index is 1.11. The second-order valence-electron chi connectivity index (χ2n) is 13.0. The van der Waals surface area contributed by atoms with Gasteiger partial charge in [-0.15, -0.1) is 0 Å². The van der Waals surface area contributed by atoms with Crippen LogP contribution in [0.15, 0.2) is 34.8 Å². The van der Waals surface area contributed by atoms with Crippen LogP contribution in [0.5, 0.6) is 0 Å². The summed E-state index contributed by atoms with van der Waals surface area (Å²) in [4.78, 5) is 33.5. The first kappa shape index (κ1) is 28.6. The minimum absolute atomic E-state index is 0.00345. The first-order valence-corrected chi connectivity index (χ1v) is 15.4. The summed E-state index contributed by atoms with van der Waals surface area (Å²) in [6.07, 6.45) is 5.36. The monoisotopic (exact) mass is 603 g/mol. The van der Waals surface area contributed by atoms with Crippen LogP contribution in [0.3, 0.4) is 0 Å². The molecule has 4 aliphatic rings. The molecule has 0 bridgehead atoms. The van der Waals surface area contributed by atoms with Crippen LogP contribution in [0.2, 0.25) is 0 Å². The molecule has 3 saturated carbocycles. The lowest BCUT2D eigenvalue weighted by atomic mass is 9.99. The maximum atomic E-state index is 13.7. The lowest BCUT2D eigenvalue weighted by Gasteiger charge is -2.25. The van der Waals surface area contributed by atoms with Crippen LogP contribution in [0.1, 0.15) is 85.5 Å². The number of alkyl halides is 2. The van der Waals surface area contributed by atoms with Crippen molar-refractivity contribution in [2.75, 3.05) is 19.6 Å². The van der Waals surface area contributed by atoms with Gasteiger partial charge < -0.3 is 15.1 Å². The van der Waals surface area contributed by atoms with Crippen molar-refractivity contribution in [2.24, 2.45) is 0 Å². The third-order valence-electron chi connectivity index (χ3n) is 9.30. The molecule has 7 rings (SSSR count). The van der Waals surface area contributed by atoms with Gasteiger partial charge in [-0.25, -0.2) is 13.8 Å². The molecule has 0 unspecified atom stereocenters. The molecule has 3 heterocycles. The smallest absolute Gasteiger partial charge is 0.270 e. The van der Waals surface area contributed by atoms with E-state index in [0.717, 1.165) is 42.5 Å². The van der Waals surface area contributed by atoms with E-state index in [9.17, 15) is 23.6 Å². The van der Waals surface area contributed by atoms with Gasteiger partial charge in [0, 0.05) is 18.5 Å². The minimum atomic E-state index is -2.36. The Morgan fingerprint density at radius 3 is 2.64 bits per heavy atom. The Kier molecular flexibility index (Phi) is 7.03. The summed E-state index contributed by atoms with van der Waals surface area (Å²) >= 11 is 0. The van der Waals surface area contributed by atoms with Crippen LogP contribution >= 0.6 is 0 Å². The quantitative estimate of drug-likeness (QED) is 0.335. The van der Waals surface area contributed by atoms with E-state index in [0.29, 0.717) is 49.1 Å². The summed E-state index contributed by atoms with van der Waals surface area (Å²) in [5.41, 5.74) is 3.55. The highest BCUT2D eigenvalue weighted by atomic mass is 19.3. The predicted octanol–water partition coefficient (Wildman–Crippen LogP) is 4.28. The fourth-order valence-corrected chi connectivity index (χ4v) is 5.82. The molecule has 3 aliphatic carbocycles. The predicted molar refractivity (Wildman–Crippen MR) is 157 cm³/mol. The number of nitrogens with one attached hydrogen (secondary N) is 2. The number of nitriles is 1. The Bertz CT molecular complexity index is 1690. The van der Waals surface area contributed by atoms with Gasteiger partial charge in [-0.3, -0.25) is 19.2 Å². The van der Waals surface area contributed by atoms with Crippen LogP contribution in [-0.2, 0) is 16.6 Å². The number of carbonyl (C=O) groups is 2. The molecular weight excluding hydrogens is 568 g/mol. The van der Waals surface area contributed by atoms with Crippen molar-refractivity contribution in [3.63, 3.8) is 0 Å². The lowest BCUT2D eigenvalue weighted by molar-refractivity contribution is -0.123. The number of benzene rings is 1. The van der Waals surface area contributed by atoms with Gasteiger partial charge in [0.05, 0.1) is 30.8 Å². The third-order valence-corrected chi connectivity index (χ3v) is 9.30. The largest absolute Gasteiger partial charge is 0.441 e. The number of oxazole rings is 1. The highest BCUT2D eigenvalue weighted by Gasteiger charge is 2.46. The van der Waals surface area contributed by atoms with Crippen molar-refractivity contribution in [1.29, 1.82) is 5.26 Å². The van der Waals surface area contributed by atoms with Gasteiger partial charge in [0.15, 0.2) is 11.5 Å².